The van der Waals surface area contributed by atoms with Gasteiger partial charge in [0, 0.05) is 13.6 Å². The van der Waals surface area contributed by atoms with E-state index in [0.29, 0.717) is 30.1 Å². The van der Waals surface area contributed by atoms with Gasteiger partial charge in [-0.3, -0.25) is 4.79 Å². The van der Waals surface area contributed by atoms with Gasteiger partial charge in [-0.1, -0.05) is 48.9 Å². The van der Waals surface area contributed by atoms with Crippen LogP contribution in [0.4, 0.5) is 0 Å². The van der Waals surface area contributed by atoms with Gasteiger partial charge >= 0.3 is 0 Å². The summed E-state index contributed by atoms with van der Waals surface area (Å²) >= 11 is 1.46. The number of rotatable bonds is 4. The number of hydrogen-bond donors (Lipinski definition) is 0. The minimum atomic E-state index is -3.74. The zero-order chi connectivity index (χ0) is 22.3. The van der Waals surface area contributed by atoms with E-state index in [1.54, 1.807) is 24.3 Å². The summed E-state index contributed by atoms with van der Waals surface area (Å²) < 4.78 is 30.6. The summed E-state index contributed by atoms with van der Waals surface area (Å²) in [6.07, 6.45) is 1.13. The van der Waals surface area contributed by atoms with E-state index in [1.807, 2.05) is 24.6 Å². The molecule has 2 aromatic carbocycles. The third-order valence-corrected chi connectivity index (χ3v) is 8.84. The van der Waals surface area contributed by atoms with E-state index in [4.69, 9.17) is 0 Å². The molecule has 1 amide bonds. The minimum Gasteiger partial charge on any atom is -0.319 e. The summed E-state index contributed by atoms with van der Waals surface area (Å²) in [6.45, 7) is 6.53. The smallest absolute Gasteiger partial charge is 0.266 e. The summed E-state index contributed by atoms with van der Waals surface area (Å²) in [7, 11) is -1.86. The molecule has 1 aliphatic rings. The van der Waals surface area contributed by atoms with Crippen molar-refractivity contribution in [2.75, 3.05) is 6.54 Å². The molecule has 0 N–H and O–H groups in total. The normalized spacial score (nSPS) is 18.4. The molecule has 31 heavy (non-hydrogen) atoms. The van der Waals surface area contributed by atoms with Crippen molar-refractivity contribution in [3.05, 3.63) is 58.4 Å². The van der Waals surface area contributed by atoms with Gasteiger partial charge < -0.3 is 4.57 Å². The maximum atomic E-state index is 13.2. The predicted octanol–water partition coefficient (Wildman–Crippen LogP) is 3.95. The van der Waals surface area contributed by atoms with Crippen LogP contribution in [0.5, 0.6) is 0 Å². The van der Waals surface area contributed by atoms with Gasteiger partial charge in [0.25, 0.3) is 5.91 Å². The second-order valence-electron chi connectivity index (χ2n) is 8.36. The summed E-state index contributed by atoms with van der Waals surface area (Å²) in [4.78, 5) is 18.2. The van der Waals surface area contributed by atoms with Gasteiger partial charge in [0.2, 0.25) is 10.0 Å². The second-order valence-corrected chi connectivity index (χ2v) is 11.3. The predicted molar refractivity (Wildman–Crippen MR) is 124 cm³/mol. The van der Waals surface area contributed by atoms with E-state index >= 15 is 0 Å². The fourth-order valence-corrected chi connectivity index (χ4v) is 6.63. The van der Waals surface area contributed by atoms with Gasteiger partial charge in [0.05, 0.1) is 15.1 Å². The summed E-state index contributed by atoms with van der Waals surface area (Å²) in [5.41, 5.74) is 3.23. The number of sulfonamides is 1. The third kappa shape index (κ3) is 4.12. The van der Waals surface area contributed by atoms with Crippen molar-refractivity contribution in [2.45, 2.75) is 50.5 Å². The first-order valence-electron chi connectivity index (χ1n) is 10.4. The number of aromatic nitrogens is 1. The molecule has 0 radical (unpaired) electrons. The Labute approximate surface area is 186 Å². The van der Waals surface area contributed by atoms with Crippen LogP contribution in [-0.2, 0) is 21.9 Å². The van der Waals surface area contributed by atoms with Crippen LogP contribution in [0.15, 0.2) is 52.4 Å². The molecule has 1 saturated heterocycles. The van der Waals surface area contributed by atoms with Crippen molar-refractivity contribution < 1.29 is 13.2 Å². The first-order chi connectivity index (χ1) is 14.7. The van der Waals surface area contributed by atoms with E-state index in [0.717, 1.165) is 15.8 Å². The van der Waals surface area contributed by atoms with Crippen molar-refractivity contribution in [2.24, 2.45) is 12.0 Å². The van der Waals surface area contributed by atoms with Crippen molar-refractivity contribution in [1.29, 1.82) is 0 Å². The van der Waals surface area contributed by atoms with E-state index in [-0.39, 0.29) is 4.90 Å². The highest BCUT2D eigenvalue weighted by Gasteiger charge is 2.39. The third-order valence-electron chi connectivity index (χ3n) is 5.82. The maximum Gasteiger partial charge on any atom is 0.266 e. The van der Waals surface area contributed by atoms with Crippen molar-refractivity contribution in [1.82, 2.24) is 8.87 Å². The van der Waals surface area contributed by atoms with Gasteiger partial charge in [-0.05, 0) is 55.5 Å². The Balaban J connectivity index is 1.68. The Morgan fingerprint density at radius 2 is 1.87 bits per heavy atom. The average Bonchev–Trinajstić information content (AvgIpc) is 3.34. The van der Waals surface area contributed by atoms with Crippen LogP contribution >= 0.6 is 11.3 Å². The quantitative estimate of drug-likeness (QED) is 0.595. The molecule has 6 nitrogen and oxygen atoms in total. The molecule has 1 atom stereocenters. The SMILES string of the molecule is Cc1ccc(S(=O)(=O)N2CCCC2C(=O)N=c2sc3cc(C(C)C)ccc3n2C)cc1. The van der Waals surface area contributed by atoms with Gasteiger partial charge in [-0.15, -0.1) is 0 Å². The van der Waals surface area contributed by atoms with E-state index < -0.39 is 22.0 Å². The number of benzene rings is 2. The average molecular weight is 458 g/mol. The van der Waals surface area contributed by atoms with Crippen LogP contribution in [-0.4, -0.2) is 35.8 Å². The van der Waals surface area contributed by atoms with Crippen LogP contribution in [0.25, 0.3) is 10.2 Å². The van der Waals surface area contributed by atoms with Gasteiger partial charge in [-0.2, -0.15) is 9.30 Å². The fourth-order valence-electron chi connectivity index (χ4n) is 3.91. The number of carbonyl (C=O) groups excluding carboxylic acids is 1. The molecule has 0 spiro atoms. The highest BCUT2D eigenvalue weighted by atomic mass is 32.2. The number of amides is 1. The van der Waals surface area contributed by atoms with Crippen molar-refractivity contribution in [3.63, 3.8) is 0 Å². The number of thiazole rings is 1. The molecule has 1 unspecified atom stereocenters. The molecule has 1 fully saturated rings. The Morgan fingerprint density at radius 3 is 2.55 bits per heavy atom. The standard InChI is InChI=1S/C23H27N3O3S2/c1-15(2)17-9-12-19-21(14-17)30-23(25(19)4)24-22(27)20-6-5-13-26(20)31(28,29)18-10-7-16(3)8-11-18/h7-12,14-15,20H,5-6,13H2,1-4H3. The lowest BCUT2D eigenvalue weighted by molar-refractivity contribution is -0.121. The Morgan fingerprint density at radius 1 is 1.16 bits per heavy atom. The Kier molecular flexibility index (Phi) is 5.89. The summed E-state index contributed by atoms with van der Waals surface area (Å²) in [5.74, 6) is 0.0114. The molecule has 1 aromatic heterocycles. The number of nitrogens with zero attached hydrogens (tertiary/aromatic N) is 3. The molecule has 2 heterocycles. The fraction of sp³-hybridized carbons (Fsp3) is 0.391. The zero-order valence-corrected chi connectivity index (χ0v) is 19.8. The number of aryl methyl sites for hydroxylation is 2. The monoisotopic (exact) mass is 457 g/mol. The first kappa shape index (κ1) is 21.9. The zero-order valence-electron chi connectivity index (χ0n) is 18.2. The largest absolute Gasteiger partial charge is 0.319 e. The molecule has 0 bridgehead atoms. The molecule has 4 rings (SSSR count). The molecule has 164 valence electrons. The van der Waals surface area contributed by atoms with Crippen LogP contribution in [0.3, 0.4) is 0 Å². The minimum absolute atomic E-state index is 0.214. The van der Waals surface area contributed by atoms with Crippen molar-refractivity contribution in [3.8, 4) is 0 Å². The van der Waals surface area contributed by atoms with Crippen molar-refractivity contribution >= 4 is 37.5 Å². The Bertz CT molecular complexity index is 1300. The highest BCUT2D eigenvalue weighted by molar-refractivity contribution is 7.89. The van der Waals surface area contributed by atoms with Gasteiger partial charge in [0.1, 0.15) is 6.04 Å². The van der Waals surface area contributed by atoms with Gasteiger partial charge in [-0.25, -0.2) is 8.42 Å². The molecular formula is C23H27N3O3S2. The lowest BCUT2D eigenvalue weighted by atomic mass is 10.0. The van der Waals surface area contributed by atoms with E-state index in [9.17, 15) is 13.2 Å². The maximum absolute atomic E-state index is 13.2. The number of fused-ring (bicyclic) bond motifs is 1. The lowest BCUT2D eigenvalue weighted by Gasteiger charge is -2.21. The number of carbonyl (C=O) groups is 1. The molecular weight excluding hydrogens is 430 g/mol. The summed E-state index contributed by atoms with van der Waals surface area (Å²) in [5, 5.41) is 0. The van der Waals surface area contributed by atoms with Gasteiger partial charge in [0.15, 0.2) is 4.80 Å². The molecule has 1 aliphatic heterocycles. The summed E-state index contributed by atoms with van der Waals surface area (Å²) in [6, 6.07) is 12.3. The van der Waals surface area contributed by atoms with Crippen LogP contribution < -0.4 is 4.80 Å². The first-order valence-corrected chi connectivity index (χ1v) is 12.7. The van der Waals surface area contributed by atoms with Crippen LogP contribution in [0, 0.1) is 6.92 Å². The molecule has 0 saturated carbocycles. The molecule has 0 aliphatic carbocycles. The van der Waals surface area contributed by atoms with E-state index in [2.05, 4.69) is 31.0 Å². The van der Waals surface area contributed by atoms with Crippen LogP contribution in [0.1, 0.15) is 43.7 Å². The van der Waals surface area contributed by atoms with Crippen LogP contribution in [0.2, 0.25) is 0 Å². The van der Waals surface area contributed by atoms with E-state index in [1.165, 1.54) is 21.2 Å². The topological polar surface area (TPSA) is 71.7 Å². The molecule has 3 aromatic rings. The Hall–Kier alpha value is -2.29. The highest BCUT2D eigenvalue weighted by Crippen LogP contribution is 2.27. The lowest BCUT2D eigenvalue weighted by Crippen LogP contribution is -2.40. The second kappa shape index (κ2) is 8.33. The molecule has 8 heteroatoms. The number of hydrogen-bond acceptors (Lipinski definition) is 4.